The van der Waals surface area contributed by atoms with E-state index in [-0.39, 0.29) is 5.75 Å². The number of hydrogen-bond acceptors (Lipinski definition) is 1. The minimum Gasteiger partial charge on any atom is -0.435 e. The molecule has 0 bridgehead atoms. The van der Waals surface area contributed by atoms with E-state index in [2.05, 4.69) is 10.7 Å². The van der Waals surface area contributed by atoms with Crippen molar-refractivity contribution in [2.24, 2.45) is 0 Å². The maximum atomic E-state index is 11.6. The van der Waals surface area contributed by atoms with Gasteiger partial charge in [0.15, 0.2) is 0 Å². The Bertz CT molecular complexity index is 285. The summed E-state index contributed by atoms with van der Waals surface area (Å²) in [5, 5.41) is 0. The summed E-state index contributed by atoms with van der Waals surface area (Å²) in [6.07, 6.45) is 5.06. The number of ether oxygens (including phenoxy) is 1. The zero-order valence-electron chi connectivity index (χ0n) is 8.13. The fourth-order valence-corrected chi connectivity index (χ4v) is 0.733. The Hall–Kier alpha value is -1.56. The number of terminal acetylenes is 1. The van der Waals surface area contributed by atoms with Crippen molar-refractivity contribution >= 4 is 0 Å². The van der Waals surface area contributed by atoms with Gasteiger partial charge in [-0.15, -0.1) is 6.42 Å². The highest BCUT2D eigenvalue weighted by Gasteiger charge is 2.02. The number of benzene rings is 1. The predicted molar refractivity (Wildman–Crippen MR) is 52.4 cm³/mol. The lowest BCUT2D eigenvalue weighted by Gasteiger charge is -2.02. The first kappa shape index (κ1) is 12.4. The number of halogens is 2. The van der Waals surface area contributed by atoms with Crippen LogP contribution in [0.3, 0.4) is 0 Å². The van der Waals surface area contributed by atoms with Crippen LogP contribution in [0.15, 0.2) is 24.3 Å². The van der Waals surface area contributed by atoms with Crippen molar-refractivity contribution in [3.63, 3.8) is 0 Å². The Morgan fingerprint density at radius 1 is 1.21 bits per heavy atom. The summed E-state index contributed by atoms with van der Waals surface area (Å²) >= 11 is 0. The Labute approximate surface area is 82.7 Å². The van der Waals surface area contributed by atoms with Gasteiger partial charge in [0.2, 0.25) is 0 Å². The van der Waals surface area contributed by atoms with Gasteiger partial charge in [-0.1, -0.05) is 19.8 Å². The summed E-state index contributed by atoms with van der Waals surface area (Å²) in [4.78, 5) is 0. The minimum atomic E-state index is -2.79. The third-order valence-electron chi connectivity index (χ3n) is 1.25. The van der Waals surface area contributed by atoms with Gasteiger partial charge in [-0.05, 0) is 24.3 Å². The van der Waals surface area contributed by atoms with E-state index in [1.165, 1.54) is 24.3 Å². The van der Waals surface area contributed by atoms with Crippen molar-refractivity contribution in [3.8, 4) is 18.1 Å². The van der Waals surface area contributed by atoms with Crippen molar-refractivity contribution in [3.05, 3.63) is 29.8 Å². The van der Waals surface area contributed by atoms with Crippen LogP contribution < -0.4 is 4.74 Å². The second-order valence-electron chi connectivity index (χ2n) is 2.05. The fraction of sp³-hybridized carbons (Fsp3) is 0.273. The summed E-state index contributed by atoms with van der Waals surface area (Å²) in [5.41, 5.74) is 0.636. The van der Waals surface area contributed by atoms with Gasteiger partial charge in [0, 0.05) is 5.56 Å². The fourth-order valence-electron chi connectivity index (χ4n) is 0.733. The summed E-state index contributed by atoms with van der Waals surface area (Å²) in [7, 11) is 0. The van der Waals surface area contributed by atoms with Gasteiger partial charge in [-0.3, -0.25) is 0 Å². The van der Waals surface area contributed by atoms with E-state index in [0.29, 0.717) is 5.56 Å². The van der Waals surface area contributed by atoms with Crippen molar-refractivity contribution in [1.29, 1.82) is 0 Å². The molecule has 0 spiro atoms. The number of hydrogen-bond donors (Lipinski definition) is 0. The summed E-state index contributed by atoms with van der Waals surface area (Å²) < 4.78 is 27.4. The summed E-state index contributed by atoms with van der Waals surface area (Å²) in [5.74, 6) is 2.48. The quantitative estimate of drug-likeness (QED) is 0.662. The van der Waals surface area contributed by atoms with Crippen LogP contribution in [-0.4, -0.2) is 6.61 Å². The molecule has 0 fully saturated rings. The molecule has 0 aromatic heterocycles. The Morgan fingerprint density at radius 2 is 1.71 bits per heavy atom. The minimum absolute atomic E-state index is 0.115. The zero-order chi connectivity index (χ0) is 11.0. The van der Waals surface area contributed by atoms with Gasteiger partial charge in [-0.25, -0.2) is 0 Å². The molecule has 0 saturated heterocycles. The van der Waals surface area contributed by atoms with Crippen molar-refractivity contribution in [2.45, 2.75) is 20.5 Å². The molecule has 1 aromatic carbocycles. The average molecular weight is 198 g/mol. The number of alkyl halides is 2. The van der Waals surface area contributed by atoms with Crippen molar-refractivity contribution in [2.75, 3.05) is 0 Å². The molecule has 76 valence electrons. The molecule has 3 heteroatoms. The maximum Gasteiger partial charge on any atom is 0.387 e. The molecule has 0 saturated carbocycles. The summed E-state index contributed by atoms with van der Waals surface area (Å²) in [6, 6.07) is 5.89. The first-order valence-corrected chi connectivity index (χ1v) is 4.24. The van der Waals surface area contributed by atoms with Gasteiger partial charge < -0.3 is 4.74 Å². The normalized spacial score (nSPS) is 8.57. The molecule has 0 aliphatic rings. The SMILES string of the molecule is C#Cc1ccc(OC(F)F)cc1.CC. The largest absolute Gasteiger partial charge is 0.435 e. The third-order valence-corrected chi connectivity index (χ3v) is 1.25. The molecule has 0 heterocycles. The highest BCUT2D eigenvalue weighted by atomic mass is 19.3. The molecule has 0 aliphatic carbocycles. The Balaban J connectivity index is 0.000000791. The molecule has 0 atom stereocenters. The molecule has 0 amide bonds. The van der Waals surface area contributed by atoms with Crippen LogP contribution in [0.4, 0.5) is 8.78 Å². The zero-order valence-corrected chi connectivity index (χ0v) is 8.13. The van der Waals surface area contributed by atoms with Crippen LogP contribution in [-0.2, 0) is 0 Å². The number of rotatable bonds is 2. The second kappa shape index (κ2) is 6.90. The van der Waals surface area contributed by atoms with Gasteiger partial charge in [-0.2, -0.15) is 8.78 Å². The highest BCUT2D eigenvalue weighted by molar-refractivity contribution is 5.36. The van der Waals surface area contributed by atoms with Crippen LogP contribution in [0, 0.1) is 12.3 Å². The first-order chi connectivity index (χ1) is 6.72. The van der Waals surface area contributed by atoms with Gasteiger partial charge in [0.1, 0.15) is 5.75 Å². The monoisotopic (exact) mass is 198 g/mol. The highest BCUT2D eigenvalue weighted by Crippen LogP contribution is 2.13. The topological polar surface area (TPSA) is 9.23 Å². The lowest BCUT2D eigenvalue weighted by atomic mass is 10.2. The van der Waals surface area contributed by atoms with Crippen LogP contribution in [0.1, 0.15) is 19.4 Å². The van der Waals surface area contributed by atoms with E-state index in [4.69, 9.17) is 6.42 Å². The van der Waals surface area contributed by atoms with E-state index in [9.17, 15) is 8.78 Å². The van der Waals surface area contributed by atoms with Gasteiger partial charge >= 0.3 is 6.61 Å². The van der Waals surface area contributed by atoms with Crippen LogP contribution in [0.25, 0.3) is 0 Å². The Kier molecular flexibility index (Phi) is 6.13. The maximum absolute atomic E-state index is 11.6. The molecule has 0 radical (unpaired) electrons. The third kappa shape index (κ3) is 4.46. The second-order valence-corrected chi connectivity index (χ2v) is 2.05. The van der Waals surface area contributed by atoms with Gasteiger partial charge in [0.25, 0.3) is 0 Å². The van der Waals surface area contributed by atoms with Gasteiger partial charge in [0.05, 0.1) is 0 Å². The van der Waals surface area contributed by atoms with E-state index in [1.807, 2.05) is 13.8 Å². The molecule has 0 unspecified atom stereocenters. The smallest absolute Gasteiger partial charge is 0.387 e. The molecule has 0 N–H and O–H groups in total. The summed E-state index contributed by atoms with van der Waals surface area (Å²) in [6.45, 7) is 1.21. The standard InChI is InChI=1S/C9H6F2O.C2H6/c1-2-7-3-5-8(6-4-7)12-9(10)11;1-2/h1,3-6,9H;1-2H3. The molecular formula is C11H12F2O. The van der Waals surface area contributed by atoms with Crippen molar-refractivity contribution < 1.29 is 13.5 Å². The van der Waals surface area contributed by atoms with E-state index >= 15 is 0 Å². The molecular weight excluding hydrogens is 186 g/mol. The van der Waals surface area contributed by atoms with Crippen LogP contribution in [0.2, 0.25) is 0 Å². The molecule has 0 aliphatic heterocycles. The van der Waals surface area contributed by atoms with Crippen LogP contribution in [0.5, 0.6) is 5.75 Å². The van der Waals surface area contributed by atoms with E-state index in [0.717, 1.165) is 0 Å². The van der Waals surface area contributed by atoms with Crippen molar-refractivity contribution in [1.82, 2.24) is 0 Å². The predicted octanol–water partition coefficient (Wildman–Crippen LogP) is 3.30. The molecule has 1 rings (SSSR count). The lowest BCUT2D eigenvalue weighted by molar-refractivity contribution is -0.0498. The lowest BCUT2D eigenvalue weighted by Crippen LogP contribution is -2.01. The molecule has 14 heavy (non-hydrogen) atoms. The molecule has 1 nitrogen and oxygen atoms in total. The van der Waals surface area contributed by atoms with E-state index < -0.39 is 6.61 Å². The first-order valence-electron chi connectivity index (χ1n) is 4.24. The Morgan fingerprint density at radius 3 is 2.07 bits per heavy atom. The van der Waals surface area contributed by atoms with E-state index in [1.54, 1.807) is 0 Å². The average Bonchev–Trinajstić information content (AvgIpc) is 2.21. The van der Waals surface area contributed by atoms with Crippen LogP contribution >= 0.6 is 0 Å². The molecule has 1 aromatic rings.